The molecule has 0 saturated carbocycles. The molecule has 88 valence electrons. The zero-order valence-electron chi connectivity index (χ0n) is 8.70. The number of hydrogen-bond donors (Lipinski definition) is 1. The van der Waals surface area contributed by atoms with Gasteiger partial charge in [0.15, 0.2) is 0 Å². The zero-order valence-corrected chi connectivity index (χ0v) is 12.4. The molecule has 4 heteroatoms. The monoisotopic (exact) mass is 406 g/mol. The molecule has 0 radical (unpaired) electrons. The van der Waals surface area contributed by atoms with E-state index in [9.17, 15) is 9.50 Å². The van der Waals surface area contributed by atoms with Crippen LogP contribution in [0.5, 0.6) is 0 Å². The van der Waals surface area contributed by atoms with Crippen molar-refractivity contribution in [2.24, 2.45) is 0 Å². The molecule has 0 fully saturated rings. The molecule has 1 atom stereocenters. The van der Waals surface area contributed by atoms with Crippen LogP contribution in [0.1, 0.15) is 17.2 Å². The Kier molecular flexibility index (Phi) is 4.17. The van der Waals surface area contributed by atoms with Gasteiger partial charge in [0.1, 0.15) is 11.9 Å². The van der Waals surface area contributed by atoms with Crippen LogP contribution in [0.2, 0.25) is 0 Å². The molecule has 0 saturated heterocycles. The molecule has 1 N–H and O–H groups in total. The van der Waals surface area contributed by atoms with E-state index in [1.54, 1.807) is 12.1 Å². The summed E-state index contributed by atoms with van der Waals surface area (Å²) in [4.78, 5) is 0. The number of aliphatic hydroxyl groups is 1. The predicted molar refractivity (Wildman–Crippen MR) is 77.3 cm³/mol. The van der Waals surface area contributed by atoms with Gasteiger partial charge in [-0.2, -0.15) is 0 Å². The van der Waals surface area contributed by atoms with Crippen molar-refractivity contribution in [3.05, 3.63) is 67.5 Å². The summed E-state index contributed by atoms with van der Waals surface area (Å²) >= 11 is 5.52. The van der Waals surface area contributed by atoms with E-state index in [4.69, 9.17) is 0 Å². The highest BCUT2D eigenvalue weighted by molar-refractivity contribution is 14.1. The average molecular weight is 407 g/mol. The second-order valence-corrected chi connectivity index (χ2v) is 5.70. The smallest absolute Gasteiger partial charge is 0.123 e. The van der Waals surface area contributed by atoms with Crippen LogP contribution >= 0.6 is 38.5 Å². The van der Waals surface area contributed by atoms with Crippen LogP contribution in [0.4, 0.5) is 4.39 Å². The number of aliphatic hydroxyl groups excluding tert-OH is 1. The molecule has 0 spiro atoms. The first-order valence-electron chi connectivity index (χ1n) is 4.96. The second-order valence-electron chi connectivity index (χ2n) is 3.62. The number of hydrogen-bond acceptors (Lipinski definition) is 1. The normalized spacial score (nSPS) is 12.5. The van der Waals surface area contributed by atoms with Gasteiger partial charge in [0.2, 0.25) is 0 Å². The Morgan fingerprint density at radius 2 is 1.94 bits per heavy atom. The lowest BCUT2D eigenvalue weighted by Gasteiger charge is -2.13. The molecule has 0 aromatic heterocycles. The third-order valence-corrected chi connectivity index (χ3v) is 3.89. The highest BCUT2D eigenvalue weighted by Gasteiger charge is 2.14. The Morgan fingerprint density at radius 3 is 2.65 bits per heavy atom. The lowest BCUT2D eigenvalue weighted by molar-refractivity contribution is 0.219. The van der Waals surface area contributed by atoms with Crippen LogP contribution in [0.15, 0.2) is 46.9 Å². The van der Waals surface area contributed by atoms with Crippen molar-refractivity contribution >= 4 is 38.5 Å². The van der Waals surface area contributed by atoms with Gasteiger partial charge >= 0.3 is 0 Å². The van der Waals surface area contributed by atoms with E-state index in [2.05, 4.69) is 38.5 Å². The molecule has 0 aliphatic carbocycles. The summed E-state index contributed by atoms with van der Waals surface area (Å²) in [6.45, 7) is 0. The molecule has 2 aromatic rings. The molecule has 0 amide bonds. The van der Waals surface area contributed by atoms with Crippen molar-refractivity contribution in [2.75, 3.05) is 0 Å². The fourth-order valence-electron chi connectivity index (χ4n) is 1.58. The van der Waals surface area contributed by atoms with Gasteiger partial charge in [-0.15, -0.1) is 0 Å². The van der Waals surface area contributed by atoms with Crippen molar-refractivity contribution in [1.29, 1.82) is 0 Å². The van der Waals surface area contributed by atoms with Crippen molar-refractivity contribution in [3.8, 4) is 0 Å². The first-order valence-corrected chi connectivity index (χ1v) is 6.83. The first kappa shape index (κ1) is 13.0. The Balaban J connectivity index is 2.43. The summed E-state index contributed by atoms with van der Waals surface area (Å²) in [5.41, 5.74) is 1.33. The summed E-state index contributed by atoms with van der Waals surface area (Å²) in [5.74, 6) is -0.341. The first-order chi connectivity index (χ1) is 8.08. The van der Waals surface area contributed by atoms with E-state index in [0.29, 0.717) is 5.56 Å². The van der Waals surface area contributed by atoms with Gasteiger partial charge < -0.3 is 5.11 Å². The maximum atomic E-state index is 13.1. The molecule has 0 bridgehead atoms. The Hall–Kier alpha value is -0.460. The summed E-state index contributed by atoms with van der Waals surface area (Å²) in [6, 6.07) is 11.7. The van der Waals surface area contributed by atoms with Gasteiger partial charge in [-0.1, -0.05) is 28.1 Å². The molecule has 17 heavy (non-hydrogen) atoms. The van der Waals surface area contributed by atoms with E-state index < -0.39 is 6.10 Å². The molecular formula is C13H9BrFIO. The number of halogens is 3. The SMILES string of the molecule is OC(c1cccc(F)c1)c1cc(Br)ccc1I. The highest BCUT2D eigenvalue weighted by Crippen LogP contribution is 2.28. The summed E-state index contributed by atoms with van der Waals surface area (Å²) in [7, 11) is 0. The number of benzene rings is 2. The lowest BCUT2D eigenvalue weighted by atomic mass is 10.0. The molecule has 2 rings (SSSR count). The van der Waals surface area contributed by atoms with Crippen LogP contribution in [-0.4, -0.2) is 5.11 Å². The highest BCUT2D eigenvalue weighted by atomic mass is 127. The minimum absolute atomic E-state index is 0.341. The fraction of sp³-hybridized carbons (Fsp3) is 0.0769. The minimum Gasteiger partial charge on any atom is -0.384 e. The van der Waals surface area contributed by atoms with E-state index in [-0.39, 0.29) is 5.82 Å². The topological polar surface area (TPSA) is 20.2 Å². The Labute approximate surface area is 121 Å². The Morgan fingerprint density at radius 1 is 1.18 bits per heavy atom. The van der Waals surface area contributed by atoms with E-state index >= 15 is 0 Å². The van der Waals surface area contributed by atoms with Crippen LogP contribution in [0.3, 0.4) is 0 Å². The fourth-order valence-corrected chi connectivity index (χ4v) is 2.59. The van der Waals surface area contributed by atoms with Crippen molar-refractivity contribution in [3.63, 3.8) is 0 Å². The largest absolute Gasteiger partial charge is 0.384 e. The number of rotatable bonds is 2. The maximum absolute atomic E-state index is 13.1. The van der Waals surface area contributed by atoms with Crippen LogP contribution in [0, 0.1) is 9.39 Å². The lowest BCUT2D eigenvalue weighted by Crippen LogP contribution is -2.02. The van der Waals surface area contributed by atoms with Gasteiger partial charge in [-0.25, -0.2) is 4.39 Å². The van der Waals surface area contributed by atoms with Gasteiger partial charge in [0.25, 0.3) is 0 Å². The van der Waals surface area contributed by atoms with E-state index in [1.165, 1.54) is 12.1 Å². The quantitative estimate of drug-likeness (QED) is 0.738. The minimum atomic E-state index is -0.810. The van der Waals surface area contributed by atoms with Crippen molar-refractivity contribution in [2.45, 2.75) is 6.10 Å². The molecule has 1 nitrogen and oxygen atoms in total. The zero-order chi connectivity index (χ0) is 12.4. The van der Waals surface area contributed by atoms with Crippen LogP contribution in [-0.2, 0) is 0 Å². The molecule has 0 heterocycles. The molecule has 0 aliphatic heterocycles. The maximum Gasteiger partial charge on any atom is 0.123 e. The molecule has 0 aliphatic rings. The second kappa shape index (κ2) is 5.46. The van der Waals surface area contributed by atoms with E-state index in [0.717, 1.165) is 13.6 Å². The summed E-state index contributed by atoms with van der Waals surface area (Å²) in [5, 5.41) is 10.2. The van der Waals surface area contributed by atoms with Gasteiger partial charge in [0, 0.05) is 8.04 Å². The predicted octanol–water partition coefficient (Wildman–Crippen LogP) is 4.27. The Bertz CT molecular complexity index is 545. The summed E-state index contributed by atoms with van der Waals surface area (Å²) < 4.78 is 14.9. The van der Waals surface area contributed by atoms with E-state index in [1.807, 2.05) is 18.2 Å². The van der Waals surface area contributed by atoms with Gasteiger partial charge in [-0.3, -0.25) is 0 Å². The van der Waals surface area contributed by atoms with Crippen molar-refractivity contribution < 1.29 is 9.50 Å². The van der Waals surface area contributed by atoms with Crippen molar-refractivity contribution in [1.82, 2.24) is 0 Å². The molecule has 1 unspecified atom stereocenters. The molecule has 2 aromatic carbocycles. The third-order valence-electron chi connectivity index (χ3n) is 2.42. The average Bonchev–Trinajstić information content (AvgIpc) is 2.31. The van der Waals surface area contributed by atoms with Crippen LogP contribution in [0.25, 0.3) is 0 Å². The third kappa shape index (κ3) is 3.05. The van der Waals surface area contributed by atoms with Gasteiger partial charge in [0.05, 0.1) is 0 Å². The molecular weight excluding hydrogens is 398 g/mol. The van der Waals surface area contributed by atoms with Crippen LogP contribution < -0.4 is 0 Å². The standard InChI is InChI=1S/C13H9BrFIO/c14-9-4-5-12(16)11(7-9)13(17)8-2-1-3-10(15)6-8/h1-7,13,17H. The summed E-state index contributed by atoms with van der Waals surface area (Å²) in [6.07, 6.45) is -0.810. The van der Waals surface area contributed by atoms with Gasteiger partial charge in [-0.05, 0) is 64.0 Å².